The third kappa shape index (κ3) is 3.10. The van der Waals surface area contributed by atoms with Gasteiger partial charge in [0.25, 0.3) is 0 Å². The van der Waals surface area contributed by atoms with Gasteiger partial charge in [-0.2, -0.15) is 0 Å². The standard InChI is InChI=1S/BHIOS/c2-1-3-4/h4H. The van der Waals surface area contributed by atoms with Crippen molar-refractivity contribution in [3.8, 4) is 0 Å². The molecule has 0 N–H and O–H groups in total. The van der Waals surface area contributed by atoms with Crippen molar-refractivity contribution in [2.45, 2.75) is 0 Å². The Morgan fingerprint density at radius 3 is 2.25 bits per heavy atom. The first-order chi connectivity index (χ1) is 1.91. The van der Waals surface area contributed by atoms with Gasteiger partial charge >= 0.3 is 5.34 Å². The van der Waals surface area contributed by atoms with Crippen LogP contribution < -0.4 is 0 Å². The molecule has 0 amide bonds. The lowest BCUT2D eigenvalue weighted by Gasteiger charge is -1.68. The minimum absolute atomic E-state index is 1.46. The summed E-state index contributed by atoms with van der Waals surface area (Å²) >= 11 is 5.29. The van der Waals surface area contributed by atoms with Gasteiger partial charge in [-0.15, -0.1) is 22.4 Å². The monoisotopic (exact) mass is 187 g/mol. The zero-order chi connectivity index (χ0) is 3.41. The highest BCUT2D eigenvalue weighted by Crippen LogP contribution is 1.78. The fourth-order valence-corrected chi connectivity index (χ4v) is 0. The van der Waals surface area contributed by atoms with E-state index < -0.39 is 0 Å². The number of rotatable bonds is 1. The molecule has 0 rings (SSSR count). The summed E-state index contributed by atoms with van der Waals surface area (Å²) in [5, 5.41) is 1.46. The second kappa shape index (κ2) is 4.10. The maximum Gasteiger partial charge on any atom is 0.392 e. The molecule has 0 saturated heterocycles. The summed E-state index contributed by atoms with van der Waals surface area (Å²) in [6.07, 6.45) is 0. The number of thiol groups is 1. The molecule has 0 heterocycles. The fraction of sp³-hybridized carbons (Fsp3) is 0. The van der Waals surface area contributed by atoms with Gasteiger partial charge in [0, 0.05) is 0 Å². The maximum atomic E-state index is 4.10. The average Bonchev–Trinajstić information content (AvgIpc) is 1.37. The third-order valence-electron chi connectivity index (χ3n) is 0.0398. The van der Waals surface area contributed by atoms with Crippen LogP contribution in [0, 0.1) is 0 Å². The van der Waals surface area contributed by atoms with Gasteiger partial charge < -0.3 is 4.10 Å². The lowest BCUT2D eigenvalue weighted by molar-refractivity contribution is 0.737. The van der Waals surface area contributed by atoms with Gasteiger partial charge in [0.15, 0.2) is 0 Å². The smallest absolute Gasteiger partial charge is 0.369 e. The quantitative estimate of drug-likeness (QED) is 0.276. The first-order valence-electron chi connectivity index (χ1n) is 0.636. The summed E-state index contributed by atoms with van der Waals surface area (Å²) in [7, 11) is 0. The zero-order valence-corrected chi connectivity index (χ0v) is 4.86. The summed E-state index contributed by atoms with van der Waals surface area (Å²) in [5.74, 6) is 0. The SMILES string of the molecule is SO[B]I. The first-order valence-corrected chi connectivity index (χ1v) is 2.25. The first kappa shape index (κ1) is 5.10. The molecule has 23 valence electrons. The Labute approximate surface area is 44.9 Å². The van der Waals surface area contributed by atoms with Gasteiger partial charge in [0.2, 0.25) is 0 Å². The van der Waals surface area contributed by atoms with Crippen LogP contribution in [-0.2, 0) is 4.10 Å². The Hall–Kier alpha value is 1.10. The van der Waals surface area contributed by atoms with Crippen molar-refractivity contribution < 1.29 is 4.10 Å². The second-order valence-corrected chi connectivity index (χ2v) is 0.914. The van der Waals surface area contributed by atoms with E-state index in [1.54, 1.807) is 0 Å². The number of halogens is 1. The normalized spacial score (nSPS) is 6.50. The molecule has 0 unspecified atom stereocenters. The molecule has 1 nitrogen and oxygen atoms in total. The highest BCUT2D eigenvalue weighted by molar-refractivity contribution is 14.1. The minimum atomic E-state index is 1.46. The summed E-state index contributed by atoms with van der Waals surface area (Å²) in [6.45, 7) is 0. The Morgan fingerprint density at radius 1 is 2.00 bits per heavy atom. The van der Waals surface area contributed by atoms with Gasteiger partial charge in [-0.05, 0) is 12.9 Å². The third-order valence-corrected chi connectivity index (χ3v) is 0.802. The van der Waals surface area contributed by atoms with Crippen LogP contribution in [0.5, 0.6) is 0 Å². The molecule has 0 saturated carbocycles. The van der Waals surface area contributed by atoms with Gasteiger partial charge in [0.05, 0.1) is 0 Å². The average molecular weight is 187 g/mol. The molecular weight excluding hydrogens is 186 g/mol. The largest absolute Gasteiger partial charge is 0.392 e. The van der Waals surface area contributed by atoms with Gasteiger partial charge in [0.1, 0.15) is 0 Å². The molecular formula is HBIOS. The summed E-state index contributed by atoms with van der Waals surface area (Å²) in [4.78, 5) is 0. The van der Waals surface area contributed by atoms with E-state index in [9.17, 15) is 0 Å². The fourth-order valence-electron chi connectivity index (χ4n) is 0. The van der Waals surface area contributed by atoms with E-state index in [2.05, 4.69) is 17.0 Å². The molecule has 0 aliphatic carbocycles. The summed E-state index contributed by atoms with van der Waals surface area (Å²) in [6, 6.07) is 0. The van der Waals surface area contributed by atoms with Crippen molar-refractivity contribution >= 4 is 40.6 Å². The van der Waals surface area contributed by atoms with E-state index >= 15 is 0 Å². The molecule has 1 radical (unpaired) electrons. The van der Waals surface area contributed by atoms with E-state index in [0.29, 0.717) is 0 Å². The van der Waals surface area contributed by atoms with Crippen molar-refractivity contribution in [3.63, 3.8) is 0 Å². The van der Waals surface area contributed by atoms with Crippen molar-refractivity contribution in [2.75, 3.05) is 0 Å². The van der Waals surface area contributed by atoms with Crippen molar-refractivity contribution in [1.29, 1.82) is 0 Å². The Morgan fingerprint density at radius 2 is 2.25 bits per heavy atom. The molecule has 0 spiro atoms. The van der Waals surface area contributed by atoms with Gasteiger partial charge in [-0.25, -0.2) is 0 Å². The van der Waals surface area contributed by atoms with Crippen LogP contribution in [0.2, 0.25) is 0 Å². The van der Waals surface area contributed by atoms with E-state index in [1.165, 1.54) is 5.34 Å². The molecule has 0 aliphatic heterocycles. The minimum Gasteiger partial charge on any atom is -0.369 e. The Bertz CT molecular complexity index is 10.0. The molecule has 0 aromatic carbocycles. The second-order valence-electron chi connectivity index (χ2n) is 0.194. The van der Waals surface area contributed by atoms with Crippen molar-refractivity contribution in [3.05, 3.63) is 0 Å². The topological polar surface area (TPSA) is 9.23 Å². The number of hydrogen-bond donors (Lipinski definition) is 1. The van der Waals surface area contributed by atoms with Gasteiger partial charge in [-0.3, -0.25) is 0 Å². The lowest BCUT2D eigenvalue weighted by Crippen LogP contribution is -1.65. The molecule has 0 bridgehead atoms. The predicted molar refractivity (Wildman–Crippen MR) is 29.8 cm³/mol. The maximum absolute atomic E-state index is 4.10. The summed E-state index contributed by atoms with van der Waals surface area (Å²) in [5.41, 5.74) is 0. The van der Waals surface area contributed by atoms with Crippen molar-refractivity contribution in [2.24, 2.45) is 0 Å². The number of hydrogen-bond acceptors (Lipinski definition) is 2. The van der Waals surface area contributed by atoms with Crippen LogP contribution >= 0.6 is 35.3 Å². The molecule has 0 aromatic heterocycles. The molecule has 0 fully saturated rings. The lowest BCUT2D eigenvalue weighted by atomic mass is 10.6. The summed E-state index contributed by atoms with van der Waals surface area (Å²) < 4.78 is 4.10. The van der Waals surface area contributed by atoms with Crippen LogP contribution in [0.25, 0.3) is 0 Å². The van der Waals surface area contributed by atoms with Crippen molar-refractivity contribution in [1.82, 2.24) is 0 Å². The van der Waals surface area contributed by atoms with Crippen LogP contribution in [0.4, 0.5) is 0 Å². The highest BCUT2D eigenvalue weighted by atomic mass is 127. The molecule has 0 atom stereocenters. The predicted octanol–water partition coefficient (Wildman–Crippen LogP) is 0.817. The van der Waals surface area contributed by atoms with E-state index in [4.69, 9.17) is 0 Å². The Kier molecular flexibility index (Phi) is 5.24. The van der Waals surface area contributed by atoms with Crippen LogP contribution in [0.1, 0.15) is 0 Å². The Balaban J connectivity index is 1.97. The van der Waals surface area contributed by atoms with Crippen LogP contribution in [0.3, 0.4) is 0 Å². The van der Waals surface area contributed by atoms with E-state index in [0.717, 1.165) is 0 Å². The van der Waals surface area contributed by atoms with E-state index in [1.807, 2.05) is 22.4 Å². The van der Waals surface area contributed by atoms with Gasteiger partial charge in [-0.1, -0.05) is 0 Å². The van der Waals surface area contributed by atoms with E-state index in [-0.39, 0.29) is 0 Å². The molecule has 4 heteroatoms. The van der Waals surface area contributed by atoms with Crippen LogP contribution in [0.15, 0.2) is 0 Å². The zero-order valence-electron chi connectivity index (χ0n) is 1.81. The molecule has 4 heavy (non-hydrogen) atoms. The van der Waals surface area contributed by atoms with Crippen LogP contribution in [-0.4, -0.2) is 5.34 Å². The highest BCUT2D eigenvalue weighted by Gasteiger charge is 1.66. The molecule has 0 aromatic rings. The molecule has 0 aliphatic rings.